The largest absolute Gasteiger partial charge is 0.296 e. The SMILES string of the molecule is [CH]1CCCCN1C1CCCCCC1. The predicted molar refractivity (Wildman–Crippen MR) is 56.3 cm³/mol. The molecule has 0 aromatic rings. The van der Waals surface area contributed by atoms with Crippen LogP contribution in [0.2, 0.25) is 0 Å². The van der Waals surface area contributed by atoms with Gasteiger partial charge >= 0.3 is 0 Å². The van der Waals surface area contributed by atoms with E-state index in [9.17, 15) is 0 Å². The van der Waals surface area contributed by atoms with Gasteiger partial charge in [-0.2, -0.15) is 0 Å². The Bertz CT molecular complexity index is 130. The molecule has 2 rings (SSSR count). The van der Waals surface area contributed by atoms with Gasteiger partial charge < -0.3 is 0 Å². The third kappa shape index (κ3) is 2.70. The average Bonchev–Trinajstić information content (AvgIpc) is 2.47. The molecule has 0 atom stereocenters. The highest BCUT2D eigenvalue weighted by molar-refractivity contribution is 4.82. The van der Waals surface area contributed by atoms with Crippen molar-refractivity contribution in [2.24, 2.45) is 0 Å². The summed E-state index contributed by atoms with van der Waals surface area (Å²) in [6.07, 6.45) is 13.0. The van der Waals surface area contributed by atoms with E-state index in [0.717, 1.165) is 6.04 Å². The summed E-state index contributed by atoms with van der Waals surface area (Å²) < 4.78 is 0. The first-order chi connectivity index (χ1) is 6.47. The summed E-state index contributed by atoms with van der Waals surface area (Å²) in [7, 11) is 0. The molecule has 1 radical (unpaired) electrons. The zero-order valence-corrected chi connectivity index (χ0v) is 8.67. The first kappa shape index (κ1) is 9.51. The van der Waals surface area contributed by atoms with Gasteiger partial charge in [-0.05, 0) is 32.2 Å². The van der Waals surface area contributed by atoms with Crippen LogP contribution >= 0.6 is 0 Å². The lowest BCUT2D eigenvalue weighted by atomic mass is 10.0. The summed E-state index contributed by atoms with van der Waals surface area (Å²) >= 11 is 0. The van der Waals surface area contributed by atoms with Gasteiger partial charge in [0.1, 0.15) is 0 Å². The van der Waals surface area contributed by atoms with Crippen molar-refractivity contribution in [3.63, 3.8) is 0 Å². The third-order valence-electron chi connectivity index (χ3n) is 3.53. The van der Waals surface area contributed by atoms with Gasteiger partial charge in [-0.25, -0.2) is 0 Å². The van der Waals surface area contributed by atoms with E-state index in [1.54, 1.807) is 0 Å². The van der Waals surface area contributed by atoms with Crippen LogP contribution in [0.3, 0.4) is 0 Å². The molecule has 0 bridgehead atoms. The van der Waals surface area contributed by atoms with Gasteiger partial charge in [-0.15, -0.1) is 0 Å². The number of hydrogen-bond donors (Lipinski definition) is 0. The zero-order valence-electron chi connectivity index (χ0n) is 8.67. The second kappa shape index (κ2) is 4.99. The Labute approximate surface area is 82.5 Å². The highest BCUT2D eigenvalue weighted by Crippen LogP contribution is 2.25. The van der Waals surface area contributed by atoms with Crippen molar-refractivity contribution in [2.75, 3.05) is 6.54 Å². The Kier molecular flexibility index (Phi) is 3.65. The Hall–Kier alpha value is -0.0400. The van der Waals surface area contributed by atoms with Crippen LogP contribution in [0.25, 0.3) is 0 Å². The van der Waals surface area contributed by atoms with E-state index in [1.165, 1.54) is 64.3 Å². The van der Waals surface area contributed by atoms with Crippen molar-refractivity contribution in [2.45, 2.75) is 63.8 Å². The molecule has 0 amide bonds. The number of piperidine rings is 1. The lowest BCUT2D eigenvalue weighted by Gasteiger charge is -2.33. The molecule has 0 aromatic carbocycles. The summed E-state index contributed by atoms with van der Waals surface area (Å²) in [6, 6.07) is 0.905. The molecule has 2 aliphatic rings. The van der Waals surface area contributed by atoms with Crippen LogP contribution < -0.4 is 0 Å². The molecule has 2 fully saturated rings. The summed E-state index contributed by atoms with van der Waals surface area (Å²) in [5.41, 5.74) is 0. The maximum atomic E-state index is 2.65. The topological polar surface area (TPSA) is 3.24 Å². The molecule has 0 spiro atoms. The Morgan fingerprint density at radius 2 is 1.62 bits per heavy atom. The molecule has 75 valence electrons. The Morgan fingerprint density at radius 1 is 0.846 bits per heavy atom. The molecule has 1 heteroatoms. The van der Waals surface area contributed by atoms with Crippen molar-refractivity contribution < 1.29 is 0 Å². The van der Waals surface area contributed by atoms with E-state index in [2.05, 4.69) is 11.4 Å². The van der Waals surface area contributed by atoms with Gasteiger partial charge in [-0.3, -0.25) is 4.90 Å². The molecular weight excluding hydrogens is 158 g/mol. The van der Waals surface area contributed by atoms with E-state index < -0.39 is 0 Å². The minimum Gasteiger partial charge on any atom is -0.296 e. The molecule has 13 heavy (non-hydrogen) atoms. The fraction of sp³-hybridized carbons (Fsp3) is 0.917. The minimum absolute atomic E-state index is 0.905. The molecule has 1 saturated carbocycles. The van der Waals surface area contributed by atoms with Crippen LogP contribution in [-0.2, 0) is 0 Å². The van der Waals surface area contributed by atoms with Crippen LogP contribution in [0.1, 0.15) is 57.8 Å². The quantitative estimate of drug-likeness (QED) is 0.559. The molecule has 0 unspecified atom stereocenters. The van der Waals surface area contributed by atoms with Crippen LogP contribution in [0.15, 0.2) is 0 Å². The summed E-state index contributed by atoms with van der Waals surface area (Å²) in [4.78, 5) is 2.65. The zero-order chi connectivity index (χ0) is 8.93. The average molecular weight is 180 g/mol. The highest BCUT2D eigenvalue weighted by atomic mass is 15.2. The first-order valence-corrected chi connectivity index (χ1v) is 6.06. The standard InChI is InChI=1S/C12H22N/c1-2-5-9-12(8-4-1)13-10-6-3-7-11-13/h10,12H,1-9,11H2. The number of nitrogens with zero attached hydrogens (tertiary/aromatic N) is 1. The molecular formula is C12H22N. The van der Waals surface area contributed by atoms with Crippen LogP contribution in [0.4, 0.5) is 0 Å². The van der Waals surface area contributed by atoms with E-state index in [1.807, 2.05) is 0 Å². The fourth-order valence-electron chi connectivity index (χ4n) is 2.71. The molecule has 1 aliphatic heterocycles. The van der Waals surface area contributed by atoms with Crippen molar-refractivity contribution in [1.82, 2.24) is 4.90 Å². The monoisotopic (exact) mass is 180 g/mol. The summed E-state index contributed by atoms with van der Waals surface area (Å²) in [6.45, 7) is 3.81. The lowest BCUT2D eigenvalue weighted by Crippen LogP contribution is -2.35. The molecule has 1 aliphatic carbocycles. The van der Waals surface area contributed by atoms with Gasteiger partial charge in [0.15, 0.2) is 0 Å². The maximum absolute atomic E-state index is 2.65. The van der Waals surface area contributed by atoms with Gasteiger partial charge in [0, 0.05) is 12.6 Å². The minimum atomic E-state index is 0.905. The number of hydrogen-bond acceptors (Lipinski definition) is 1. The van der Waals surface area contributed by atoms with E-state index >= 15 is 0 Å². The number of likely N-dealkylation sites (tertiary alicyclic amines) is 1. The second-order valence-electron chi connectivity index (χ2n) is 4.56. The lowest BCUT2D eigenvalue weighted by molar-refractivity contribution is 0.191. The highest BCUT2D eigenvalue weighted by Gasteiger charge is 2.21. The van der Waals surface area contributed by atoms with Gasteiger partial charge in [0.25, 0.3) is 0 Å². The smallest absolute Gasteiger partial charge is 0.0254 e. The van der Waals surface area contributed by atoms with Crippen molar-refractivity contribution >= 4 is 0 Å². The van der Waals surface area contributed by atoms with Crippen LogP contribution in [-0.4, -0.2) is 17.5 Å². The van der Waals surface area contributed by atoms with Crippen LogP contribution in [0.5, 0.6) is 0 Å². The molecule has 1 heterocycles. The normalized spacial score (nSPS) is 28.6. The van der Waals surface area contributed by atoms with Gasteiger partial charge in [-0.1, -0.05) is 32.1 Å². The second-order valence-corrected chi connectivity index (χ2v) is 4.56. The summed E-state index contributed by atoms with van der Waals surface area (Å²) in [5.74, 6) is 0. The molecule has 1 saturated heterocycles. The van der Waals surface area contributed by atoms with Gasteiger partial charge in [0.2, 0.25) is 0 Å². The van der Waals surface area contributed by atoms with E-state index in [-0.39, 0.29) is 0 Å². The van der Waals surface area contributed by atoms with Crippen molar-refractivity contribution in [3.05, 3.63) is 6.54 Å². The first-order valence-electron chi connectivity index (χ1n) is 6.06. The molecule has 0 N–H and O–H groups in total. The van der Waals surface area contributed by atoms with Gasteiger partial charge in [0.05, 0.1) is 0 Å². The van der Waals surface area contributed by atoms with Crippen LogP contribution in [0, 0.1) is 6.54 Å². The Morgan fingerprint density at radius 3 is 2.23 bits per heavy atom. The number of rotatable bonds is 1. The molecule has 1 nitrogen and oxygen atoms in total. The van der Waals surface area contributed by atoms with E-state index in [0.29, 0.717) is 0 Å². The summed E-state index contributed by atoms with van der Waals surface area (Å²) in [5, 5.41) is 0. The predicted octanol–water partition coefficient (Wildman–Crippen LogP) is 3.36. The molecule has 0 aromatic heterocycles. The fourth-order valence-corrected chi connectivity index (χ4v) is 2.71. The van der Waals surface area contributed by atoms with E-state index in [4.69, 9.17) is 0 Å². The van der Waals surface area contributed by atoms with Crippen molar-refractivity contribution in [1.29, 1.82) is 0 Å². The maximum Gasteiger partial charge on any atom is 0.0254 e. The van der Waals surface area contributed by atoms with Crippen molar-refractivity contribution in [3.8, 4) is 0 Å². The third-order valence-corrected chi connectivity index (χ3v) is 3.53. The Balaban J connectivity index is 1.82.